The fourth-order valence-corrected chi connectivity index (χ4v) is 2.88. The normalized spacial score (nSPS) is 20.0. The fourth-order valence-electron chi connectivity index (χ4n) is 2.88. The van der Waals surface area contributed by atoms with Gasteiger partial charge in [0.1, 0.15) is 0 Å². The van der Waals surface area contributed by atoms with E-state index in [1.807, 2.05) is 6.92 Å². The molecule has 1 N–H and O–H groups in total. The molecule has 0 aromatic heterocycles. The molecule has 0 bridgehead atoms. The van der Waals surface area contributed by atoms with Crippen LogP contribution in [0.2, 0.25) is 0 Å². The minimum Gasteiger partial charge on any atom is -0.466 e. The van der Waals surface area contributed by atoms with Crippen molar-refractivity contribution in [3.05, 3.63) is 0 Å². The zero-order valence-electron chi connectivity index (χ0n) is 13.3. The number of rotatable bonds is 10. The van der Waals surface area contributed by atoms with Crippen LogP contribution in [0.4, 0.5) is 0 Å². The molecule has 0 aromatic carbocycles. The molecule has 20 heavy (non-hydrogen) atoms. The number of nitrogens with zero attached hydrogens (tertiary/aromatic N) is 1. The van der Waals surface area contributed by atoms with Gasteiger partial charge in [-0.25, -0.2) is 0 Å². The molecule has 4 nitrogen and oxygen atoms in total. The summed E-state index contributed by atoms with van der Waals surface area (Å²) in [5.41, 5.74) is 0. The molecule has 1 unspecified atom stereocenters. The lowest BCUT2D eigenvalue weighted by Gasteiger charge is -2.32. The topological polar surface area (TPSA) is 41.6 Å². The Morgan fingerprint density at radius 3 is 2.90 bits per heavy atom. The summed E-state index contributed by atoms with van der Waals surface area (Å²) in [6.07, 6.45) is 6.58. The molecule has 1 heterocycles. The lowest BCUT2D eigenvalue weighted by atomic mass is 9.97. The van der Waals surface area contributed by atoms with Gasteiger partial charge in [0.25, 0.3) is 0 Å². The Morgan fingerprint density at radius 1 is 1.30 bits per heavy atom. The van der Waals surface area contributed by atoms with E-state index in [-0.39, 0.29) is 5.97 Å². The number of hydrogen-bond donors (Lipinski definition) is 1. The van der Waals surface area contributed by atoms with E-state index in [9.17, 15) is 4.79 Å². The van der Waals surface area contributed by atoms with Crippen molar-refractivity contribution in [2.45, 2.75) is 52.4 Å². The summed E-state index contributed by atoms with van der Waals surface area (Å²) in [5, 5.41) is 3.46. The SMILES string of the molecule is CCNCC1CCCN(CCCCCC(=O)OCC)C1. The monoisotopic (exact) mass is 284 g/mol. The number of likely N-dealkylation sites (tertiary alicyclic amines) is 1. The number of nitrogens with one attached hydrogen (secondary N) is 1. The Balaban J connectivity index is 2.02. The van der Waals surface area contributed by atoms with E-state index in [0.717, 1.165) is 31.8 Å². The maximum atomic E-state index is 11.2. The van der Waals surface area contributed by atoms with E-state index in [0.29, 0.717) is 13.0 Å². The van der Waals surface area contributed by atoms with Gasteiger partial charge in [0, 0.05) is 13.0 Å². The molecule has 0 radical (unpaired) electrons. The van der Waals surface area contributed by atoms with E-state index in [4.69, 9.17) is 4.74 Å². The summed E-state index contributed by atoms with van der Waals surface area (Å²) in [6.45, 7) is 10.4. The van der Waals surface area contributed by atoms with Crippen LogP contribution in [-0.4, -0.2) is 50.2 Å². The number of carbonyl (C=O) groups is 1. The first-order valence-corrected chi connectivity index (χ1v) is 8.35. The predicted molar refractivity (Wildman–Crippen MR) is 82.8 cm³/mol. The molecular formula is C16H32N2O2. The fraction of sp³-hybridized carbons (Fsp3) is 0.938. The second kappa shape index (κ2) is 11.1. The number of ether oxygens (including phenoxy) is 1. The van der Waals surface area contributed by atoms with Crippen LogP contribution in [0.15, 0.2) is 0 Å². The Morgan fingerprint density at radius 2 is 2.15 bits per heavy atom. The number of esters is 1. The standard InChI is InChI=1S/C16H32N2O2/c1-3-17-13-15-9-8-12-18(14-15)11-7-5-6-10-16(19)20-4-2/h15,17H,3-14H2,1-2H3. The summed E-state index contributed by atoms with van der Waals surface area (Å²) in [4.78, 5) is 13.8. The van der Waals surface area contributed by atoms with Crippen LogP contribution in [0.3, 0.4) is 0 Å². The first kappa shape index (κ1) is 17.4. The van der Waals surface area contributed by atoms with Gasteiger partial charge in [0.15, 0.2) is 0 Å². The van der Waals surface area contributed by atoms with Crippen molar-refractivity contribution in [3.8, 4) is 0 Å². The lowest BCUT2D eigenvalue weighted by Crippen LogP contribution is -2.40. The van der Waals surface area contributed by atoms with Crippen LogP contribution in [-0.2, 0) is 9.53 Å². The molecule has 1 aliphatic rings. The van der Waals surface area contributed by atoms with Gasteiger partial charge >= 0.3 is 5.97 Å². The van der Waals surface area contributed by atoms with Crippen LogP contribution in [0.1, 0.15) is 52.4 Å². The smallest absolute Gasteiger partial charge is 0.305 e. The molecule has 0 aromatic rings. The van der Waals surface area contributed by atoms with Crippen LogP contribution < -0.4 is 5.32 Å². The van der Waals surface area contributed by atoms with Crippen molar-refractivity contribution in [1.82, 2.24) is 10.2 Å². The maximum Gasteiger partial charge on any atom is 0.305 e. The van der Waals surface area contributed by atoms with Crippen molar-refractivity contribution < 1.29 is 9.53 Å². The minimum atomic E-state index is -0.0452. The molecule has 1 rings (SSSR count). The van der Waals surface area contributed by atoms with Gasteiger partial charge in [-0.1, -0.05) is 13.3 Å². The first-order chi connectivity index (χ1) is 9.76. The summed E-state index contributed by atoms with van der Waals surface area (Å²) in [5.74, 6) is 0.777. The van der Waals surface area contributed by atoms with Crippen LogP contribution in [0.5, 0.6) is 0 Å². The van der Waals surface area contributed by atoms with Gasteiger partial charge < -0.3 is 15.0 Å². The summed E-state index contributed by atoms with van der Waals surface area (Å²) in [6, 6.07) is 0. The molecule has 0 amide bonds. The zero-order chi connectivity index (χ0) is 14.6. The third kappa shape index (κ3) is 7.85. The van der Waals surface area contributed by atoms with E-state index in [1.54, 1.807) is 0 Å². The van der Waals surface area contributed by atoms with Crippen molar-refractivity contribution >= 4 is 5.97 Å². The van der Waals surface area contributed by atoms with E-state index >= 15 is 0 Å². The minimum absolute atomic E-state index is 0.0452. The average Bonchev–Trinajstić information content (AvgIpc) is 2.45. The highest BCUT2D eigenvalue weighted by molar-refractivity contribution is 5.69. The average molecular weight is 284 g/mol. The van der Waals surface area contributed by atoms with Crippen molar-refractivity contribution in [2.75, 3.05) is 39.3 Å². The largest absolute Gasteiger partial charge is 0.466 e. The molecule has 118 valence electrons. The number of piperidine rings is 1. The number of unbranched alkanes of at least 4 members (excludes halogenated alkanes) is 2. The Labute approximate surface area is 124 Å². The van der Waals surface area contributed by atoms with E-state index in [1.165, 1.54) is 38.9 Å². The van der Waals surface area contributed by atoms with Crippen molar-refractivity contribution in [3.63, 3.8) is 0 Å². The predicted octanol–water partition coefficient (Wildman–Crippen LogP) is 2.43. The molecule has 0 spiro atoms. The highest BCUT2D eigenvalue weighted by atomic mass is 16.5. The molecule has 1 fully saturated rings. The lowest BCUT2D eigenvalue weighted by molar-refractivity contribution is -0.143. The third-order valence-electron chi connectivity index (χ3n) is 3.95. The zero-order valence-corrected chi connectivity index (χ0v) is 13.3. The third-order valence-corrected chi connectivity index (χ3v) is 3.95. The van der Waals surface area contributed by atoms with Crippen LogP contribution in [0, 0.1) is 5.92 Å². The first-order valence-electron chi connectivity index (χ1n) is 8.35. The molecule has 0 saturated carbocycles. The highest BCUT2D eigenvalue weighted by Crippen LogP contribution is 2.16. The van der Waals surface area contributed by atoms with Gasteiger partial charge in [0.2, 0.25) is 0 Å². The molecule has 4 heteroatoms. The summed E-state index contributed by atoms with van der Waals surface area (Å²) >= 11 is 0. The highest BCUT2D eigenvalue weighted by Gasteiger charge is 2.18. The van der Waals surface area contributed by atoms with Gasteiger partial charge in [-0.2, -0.15) is 0 Å². The summed E-state index contributed by atoms with van der Waals surface area (Å²) in [7, 11) is 0. The summed E-state index contributed by atoms with van der Waals surface area (Å²) < 4.78 is 4.93. The maximum absolute atomic E-state index is 11.2. The Bertz CT molecular complexity index is 259. The van der Waals surface area contributed by atoms with Gasteiger partial charge in [-0.05, 0) is 64.7 Å². The molecule has 1 aliphatic heterocycles. The number of hydrogen-bond acceptors (Lipinski definition) is 4. The van der Waals surface area contributed by atoms with E-state index < -0.39 is 0 Å². The van der Waals surface area contributed by atoms with Crippen molar-refractivity contribution in [1.29, 1.82) is 0 Å². The van der Waals surface area contributed by atoms with Gasteiger partial charge in [-0.15, -0.1) is 0 Å². The second-order valence-corrected chi connectivity index (χ2v) is 5.73. The van der Waals surface area contributed by atoms with E-state index in [2.05, 4.69) is 17.1 Å². The quantitative estimate of drug-likeness (QED) is 0.494. The van der Waals surface area contributed by atoms with Crippen molar-refractivity contribution in [2.24, 2.45) is 5.92 Å². The number of carbonyl (C=O) groups excluding carboxylic acids is 1. The molecule has 0 aliphatic carbocycles. The molecule has 1 atom stereocenters. The molecular weight excluding hydrogens is 252 g/mol. The Hall–Kier alpha value is -0.610. The van der Waals surface area contributed by atoms with Gasteiger partial charge in [0.05, 0.1) is 6.61 Å². The van der Waals surface area contributed by atoms with Gasteiger partial charge in [-0.3, -0.25) is 4.79 Å². The second-order valence-electron chi connectivity index (χ2n) is 5.73. The van der Waals surface area contributed by atoms with Crippen LogP contribution >= 0.6 is 0 Å². The molecule has 1 saturated heterocycles. The Kier molecular flexibility index (Phi) is 9.67. The van der Waals surface area contributed by atoms with Crippen LogP contribution in [0.25, 0.3) is 0 Å².